The van der Waals surface area contributed by atoms with Crippen LogP contribution < -0.4 is 14.2 Å². The monoisotopic (exact) mass is 262 g/mol. The highest BCUT2D eigenvalue weighted by Crippen LogP contribution is 2.31. The molecule has 0 aliphatic heterocycles. The maximum absolute atomic E-state index is 11.8. The van der Waals surface area contributed by atoms with Crippen LogP contribution in [0.5, 0.6) is 17.2 Å². The van der Waals surface area contributed by atoms with E-state index in [2.05, 4.69) is 12.2 Å². The molecule has 1 aliphatic carbocycles. The Kier molecular flexibility index (Phi) is 4.44. The van der Waals surface area contributed by atoms with Crippen molar-refractivity contribution in [3.05, 3.63) is 30.4 Å². The van der Waals surface area contributed by atoms with Crippen molar-refractivity contribution >= 4 is 5.97 Å². The molecule has 0 radical (unpaired) electrons. The number of hydrogen-bond donors (Lipinski definition) is 0. The Morgan fingerprint density at radius 2 is 2.05 bits per heavy atom. The maximum Gasteiger partial charge on any atom is 0.311 e. The summed E-state index contributed by atoms with van der Waals surface area (Å²) >= 11 is 0. The molecule has 1 aromatic rings. The van der Waals surface area contributed by atoms with E-state index in [9.17, 15) is 4.79 Å². The van der Waals surface area contributed by atoms with Gasteiger partial charge in [-0.15, -0.1) is 0 Å². The van der Waals surface area contributed by atoms with Crippen molar-refractivity contribution in [1.82, 2.24) is 0 Å². The molecule has 19 heavy (non-hydrogen) atoms. The summed E-state index contributed by atoms with van der Waals surface area (Å²) in [6, 6.07) is 5.07. The van der Waals surface area contributed by atoms with Crippen molar-refractivity contribution in [2.24, 2.45) is 5.92 Å². The summed E-state index contributed by atoms with van der Waals surface area (Å²) in [6.45, 7) is 0. The van der Waals surface area contributed by atoms with E-state index in [1.54, 1.807) is 32.4 Å². The zero-order valence-electron chi connectivity index (χ0n) is 11.2. The molecular formula is C15H18O4. The number of allylic oxidation sites excluding steroid dienone is 2. The number of esters is 1. The molecule has 0 heterocycles. The molecule has 1 atom stereocenters. The molecule has 0 aromatic heterocycles. The summed E-state index contributed by atoms with van der Waals surface area (Å²) in [4.78, 5) is 11.8. The average Bonchev–Trinajstić information content (AvgIpc) is 2.91. The lowest BCUT2D eigenvalue weighted by Gasteiger charge is -2.11. The fourth-order valence-corrected chi connectivity index (χ4v) is 2.13. The van der Waals surface area contributed by atoms with Gasteiger partial charge in [0.05, 0.1) is 20.6 Å². The van der Waals surface area contributed by atoms with Crippen molar-refractivity contribution in [2.45, 2.75) is 19.3 Å². The Morgan fingerprint density at radius 3 is 2.68 bits per heavy atom. The molecule has 0 saturated carbocycles. The molecule has 0 amide bonds. The summed E-state index contributed by atoms with van der Waals surface area (Å²) in [5.41, 5.74) is 0. The molecule has 2 rings (SSSR count). The first-order valence-corrected chi connectivity index (χ1v) is 6.32. The number of methoxy groups -OCH3 is 2. The highest BCUT2D eigenvalue weighted by Gasteiger charge is 2.16. The smallest absolute Gasteiger partial charge is 0.311 e. The number of rotatable bonds is 5. The van der Waals surface area contributed by atoms with Crippen LogP contribution in [-0.2, 0) is 4.79 Å². The lowest BCUT2D eigenvalue weighted by Crippen LogP contribution is -2.12. The largest absolute Gasteiger partial charge is 0.493 e. The van der Waals surface area contributed by atoms with Crippen molar-refractivity contribution in [3.8, 4) is 17.2 Å². The van der Waals surface area contributed by atoms with E-state index in [-0.39, 0.29) is 5.97 Å². The van der Waals surface area contributed by atoms with Crippen LogP contribution in [0.25, 0.3) is 0 Å². The molecule has 1 aromatic carbocycles. The molecule has 0 unspecified atom stereocenters. The van der Waals surface area contributed by atoms with Gasteiger partial charge in [-0.05, 0) is 30.9 Å². The van der Waals surface area contributed by atoms with Crippen molar-refractivity contribution in [1.29, 1.82) is 0 Å². The second-order valence-electron chi connectivity index (χ2n) is 4.46. The first kappa shape index (κ1) is 13.5. The van der Waals surface area contributed by atoms with Gasteiger partial charge in [-0.1, -0.05) is 12.2 Å². The fraction of sp³-hybridized carbons (Fsp3) is 0.400. The first-order chi connectivity index (χ1) is 9.22. The lowest BCUT2D eigenvalue weighted by molar-refractivity contribution is -0.135. The Bertz CT molecular complexity index is 479. The highest BCUT2D eigenvalue weighted by molar-refractivity contribution is 5.73. The number of hydrogen-bond acceptors (Lipinski definition) is 4. The van der Waals surface area contributed by atoms with E-state index in [1.807, 2.05) is 0 Å². The van der Waals surface area contributed by atoms with E-state index in [1.165, 1.54) is 0 Å². The Morgan fingerprint density at radius 1 is 1.26 bits per heavy atom. The Balaban J connectivity index is 1.98. The lowest BCUT2D eigenvalue weighted by atomic mass is 10.1. The normalized spacial score (nSPS) is 17.3. The van der Waals surface area contributed by atoms with E-state index >= 15 is 0 Å². The van der Waals surface area contributed by atoms with Gasteiger partial charge in [0.25, 0.3) is 0 Å². The number of carbonyl (C=O) groups excluding carboxylic acids is 1. The number of carbonyl (C=O) groups is 1. The van der Waals surface area contributed by atoms with Gasteiger partial charge in [0.1, 0.15) is 5.75 Å². The summed E-state index contributed by atoms with van der Waals surface area (Å²) in [5, 5.41) is 0. The van der Waals surface area contributed by atoms with Gasteiger partial charge >= 0.3 is 5.97 Å². The maximum atomic E-state index is 11.8. The summed E-state index contributed by atoms with van der Waals surface area (Å²) in [6.07, 6.45) is 6.68. The number of ether oxygens (including phenoxy) is 3. The Labute approximate surface area is 113 Å². The van der Waals surface area contributed by atoms with E-state index in [0.29, 0.717) is 29.6 Å². The SMILES string of the molecule is COc1ccc(OC(=O)C[C@@H]2C=CCC2)cc1OC. The van der Waals surface area contributed by atoms with Crippen molar-refractivity contribution in [2.75, 3.05) is 14.2 Å². The molecule has 0 saturated heterocycles. The quantitative estimate of drug-likeness (QED) is 0.465. The molecule has 0 N–H and O–H groups in total. The van der Waals surface area contributed by atoms with Crippen molar-refractivity contribution in [3.63, 3.8) is 0 Å². The number of benzene rings is 1. The second kappa shape index (κ2) is 6.27. The van der Waals surface area contributed by atoms with Gasteiger partial charge in [0.15, 0.2) is 11.5 Å². The third-order valence-corrected chi connectivity index (χ3v) is 3.13. The van der Waals surface area contributed by atoms with Crippen molar-refractivity contribution < 1.29 is 19.0 Å². The van der Waals surface area contributed by atoms with Crippen LogP contribution >= 0.6 is 0 Å². The van der Waals surface area contributed by atoms with Gasteiger partial charge in [-0.25, -0.2) is 0 Å². The summed E-state index contributed by atoms with van der Waals surface area (Å²) in [7, 11) is 3.11. The molecule has 4 nitrogen and oxygen atoms in total. The van der Waals surface area contributed by atoms with Crippen LogP contribution in [0.1, 0.15) is 19.3 Å². The second-order valence-corrected chi connectivity index (χ2v) is 4.46. The van der Waals surface area contributed by atoms with Crippen LogP contribution in [-0.4, -0.2) is 20.2 Å². The van der Waals surface area contributed by atoms with Crippen LogP contribution in [0, 0.1) is 5.92 Å². The molecule has 0 fully saturated rings. The predicted molar refractivity (Wildman–Crippen MR) is 71.7 cm³/mol. The van der Waals surface area contributed by atoms with Crippen LogP contribution in [0.4, 0.5) is 0 Å². The molecular weight excluding hydrogens is 244 g/mol. The molecule has 1 aliphatic rings. The first-order valence-electron chi connectivity index (χ1n) is 6.32. The fourth-order valence-electron chi connectivity index (χ4n) is 2.13. The minimum atomic E-state index is -0.219. The van der Waals surface area contributed by atoms with E-state index in [4.69, 9.17) is 14.2 Å². The highest BCUT2D eigenvalue weighted by atomic mass is 16.5. The van der Waals surface area contributed by atoms with Gasteiger partial charge in [0, 0.05) is 6.07 Å². The predicted octanol–water partition coefficient (Wildman–Crippen LogP) is 2.97. The van der Waals surface area contributed by atoms with Gasteiger partial charge in [-0.2, -0.15) is 0 Å². The molecule has 0 spiro atoms. The standard InChI is InChI=1S/C15H18O4/c1-17-13-8-7-12(10-14(13)18-2)19-15(16)9-11-5-3-4-6-11/h3,5,7-8,10-11H,4,6,9H2,1-2H3/t11-/m1/s1. The van der Waals surface area contributed by atoms with Crippen LogP contribution in [0.3, 0.4) is 0 Å². The van der Waals surface area contributed by atoms with E-state index < -0.39 is 0 Å². The zero-order valence-corrected chi connectivity index (χ0v) is 11.2. The topological polar surface area (TPSA) is 44.8 Å². The minimum absolute atomic E-state index is 0.219. The summed E-state index contributed by atoms with van der Waals surface area (Å²) < 4.78 is 15.6. The van der Waals surface area contributed by atoms with E-state index in [0.717, 1.165) is 12.8 Å². The minimum Gasteiger partial charge on any atom is -0.493 e. The molecule has 102 valence electrons. The average molecular weight is 262 g/mol. The third kappa shape index (κ3) is 3.50. The van der Waals surface area contributed by atoms with Crippen LogP contribution in [0.2, 0.25) is 0 Å². The molecule has 0 bridgehead atoms. The van der Waals surface area contributed by atoms with Crippen LogP contribution in [0.15, 0.2) is 30.4 Å². The molecule has 4 heteroatoms. The van der Waals surface area contributed by atoms with Gasteiger partial charge in [0.2, 0.25) is 0 Å². The van der Waals surface area contributed by atoms with Gasteiger partial charge < -0.3 is 14.2 Å². The third-order valence-electron chi connectivity index (χ3n) is 3.13. The zero-order chi connectivity index (χ0) is 13.7. The Hall–Kier alpha value is -1.97. The summed E-state index contributed by atoms with van der Waals surface area (Å²) in [5.74, 6) is 1.73. The van der Waals surface area contributed by atoms with Gasteiger partial charge in [-0.3, -0.25) is 4.79 Å².